The summed E-state index contributed by atoms with van der Waals surface area (Å²) in [5, 5.41) is 1.14. The van der Waals surface area contributed by atoms with Crippen LogP contribution in [0.2, 0.25) is 0 Å². The number of fused-ring (bicyclic) bond motifs is 1. The highest BCUT2D eigenvalue weighted by Gasteiger charge is 2.23. The van der Waals surface area contributed by atoms with Crippen molar-refractivity contribution in [2.45, 2.75) is 45.1 Å². The lowest BCUT2D eigenvalue weighted by Crippen LogP contribution is -2.47. The van der Waals surface area contributed by atoms with Crippen LogP contribution in [0, 0.1) is 12.8 Å². The average molecular weight is 342 g/mol. The van der Waals surface area contributed by atoms with Crippen molar-refractivity contribution in [3.05, 3.63) is 24.1 Å². The van der Waals surface area contributed by atoms with E-state index < -0.39 is 0 Å². The van der Waals surface area contributed by atoms with E-state index in [-0.39, 0.29) is 0 Å². The van der Waals surface area contributed by atoms with Gasteiger partial charge in [-0.25, -0.2) is 4.98 Å². The molecule has 2 fully saturated rings. The van der Waals surface area contributed by atoms with Crippen LogP contribution in [-0.4, -0.2) is 48.6 Å². The largest absolute Gasteiger partial charge is 0.464 e. The molecule has 2 aromatic rings. The minimum absolute atomic E-state index is 0.460. The zero-order valence-electron chi connectivity index (χ0n) is 15.3. The van der Waals surface area contributed by atoms with Gasteiger partial charge in [-0.3, -0.25) is 4.90 Å². The summed E-state index contributed by atoms with van der Waals surface area (Å²) in [5.41, 5.74) is 7.99. The second kappa shape index (κ2) is 7.34. The summed E-state index contributed by atoms with van der Waals surface area (Å²) >= 11 is 0. The third-order valence-corrected chi connectivity index (χ3v) is 5.98. The fraction of sp³-hybridized carbons (Fsp3) is 0.650. The Labute approximate surface area is 150 Å². The Morgan fingerprint density at radius 1 is 1.16 bits per heavy atom. The Kier molecular flexibility index (Phi) is 4.95. The van der Waals surface area contributed by atoms with E-state index in [1.807, 2.05) is 19.1 Å². The molecule has 0 amide bonds. The molecule has 0 spiro atoms. The number of furan rings is 1. The van der Waals surface area contributed by atoms with Gasteiger partial charge in [0, 0.05) is 44.0 Å². The first-order chi connectivity index (χ1) is 12.2. The number of nitrogens with two attached hydrogens (primary N) is 1. The third-order valence-electron chi connectivity index (χ3n) is 5.98. The molecule has 5 nitrogen and oxygen atoms in total. The maximum absolute atomic E-state index is 6.02. The summed E-state index contributed by atoms with van der Waals surface area (Å²) < 4.78 is 5.58. The standard InChI is InChI=1S/C20H30N4O/c1-15-14-19-18(7-13-25-19)20(22-15)24-11-9-23(10-12-24)8-6-16-2-4-17(21)5-3-16/h7,13-14,16-17H,2-6,8-12,21H2,1H3. The van der Waals surface area contributed by atoms with Gasteiger partial charge in [0.05, 0.1) is 11.6 Å². The van der Waals surface area contributed by atoms with Gasteiger partial charge in [0.15, 0.2) is 0 Å². The van der Waals surface area contributed by atoms with Gasteiger partial charge in [-0.15, -0.1) is 0 Å². The van der Waals surface area contributed by atoms with Gasteiger partial charge >= 0.3 is 0 Å². The van der Waals surface area contributed by atoms with Crippen molar-refractivity contribution < 1.29 is 4.42 Å². The van der Waals surface area contributed by atoms with E-state index in [1.165, 1.54) is 38.6 Å². The molecular weight excluding hydrogens is 312 g/mol. The number of aromatic nitrogens is 1. The molecule has 0 bridgehead atoms. The number of piperazine rings is 1. The maximum Gasteiger partial charge on any atom is 0.140 e. The predicted molar refractivity (Wildman–Crippen MR) is 102 cm³/mol. The summed E-state index contributed by atoms with van der Waals surface area (Å²) in [6.07, 6.45) is 8.19. The van der Waals surface area contributed by atoms with Crippen LogP contribution in [0.3, 0.4) is 0 Å². The topological polar surface area (TPSA) is 58.5 Å². The third kappa shape index (κ3) is 3.82. The van der Waals surface area contributed by atoms with E-state index in [1.54, 1.807) is 6.26 Å². The van der Waals surface area contributed by atoms with Gasteiger partial charge in [0.1, 0.15) is 11.4 Å². The highest BCUT2D eigenvalue weighted by Crippen LogP contribution is 2.28. The molecule has 1 saturated carbocycles. The van der Waals surface area contributed by atoms with Gasteiger partial charge in [-0.05, 0) is 57.6 Å². The molecule has 25 heavy (non-hydrogen) atoms. The van der Waals surface area contributed by atoms with E-state index in [0.29, 0.717) is 6.04 Å². The van der Waals surface area contributed by atoms with E-state index in [2.05, 4.69) is 9.80 Å². The quantitative estimate of drug-likeness (QED) is 0.925. The molecule has 0 unspecified atom stereocenters. The van der Waals surface area contributed by atoms with Gasteiger partial charge in [-0.1, -0.05) is 0 Å². The van der Waals surface area contributed by atoms with Gasteiger partial charge in [-0.2, -0.15) is 0 Å². The molecule has 0 aromatic carbocycles. The van der Waals surface area contributed by atoms with Crippen LogP contribution in [0.1, 0.15) is 37.8 Å². The lowest BCUT2D eigenvalue weighted by atomic mass is 9.84. The molecular formula is C20H30N4O. The molecule has 2 N–H and O–H groups in total. The van der Waals surface area contributed by atoms with Crippen molar-refractivity contribution in [1.82, 2.24) is 9.88 Å². The van der Waals surface area contributed by atoms with Crippen molar-refractivity contribution in [3.63, 3.8) is 0 Å². The molecule has 1 aliphatic heterocycles. The van der Waals surface area contributed by atoms with Gasteiger partial charge in [0.25, 0.3) is 0 Å². The monoisotopic (exact) mass is 342 g/mol. The van der Waals surface area contributed by atoms with Gasteiger partial charge < -0.3 is 15.1 Å². The fourth-order valence-electron chi connectivity index (χ4n) is 4.33. The molecule has 136 valence electrons. The molecule has 1 saturated heterocycles. The zero-order chi connectivity index (χ0) is 17.2. The number of nitrogens with zero attached hydrogens (tertiary/aromatic N) is 3. The summed E-state index contributed by atoms with van der Waals surface area (Å²) in [7, 11) is 0. The molecule has 2 aliphatic rings. The van der Waals surface area contributed by atoms with Crippen molar-refractivity contribution in [2.24, 2.45) is 11.7 Å². The van der Waals surface area contributed by atoms with Crippen LogP contribution in [0.15, 0.2) is 22.8 Å². The number of pyridine rings is 1. The van der Waals surface area contributed by atoms with Crippen LogP contribution in [0.4, 0.5) is 5.82 Å². The van der Waals surface area contributed by atoms with E-state index in [9.17, 15) is 0 Å². The number of anilines is 1. The average Bonchev–Trinajstić information content (AvgIpc) is 3.09. The smallest absolute Gasteiger partial charge is 0.140 e. The molecule has 0 radical (unpaired) electrons. The Morgan fingerprint density at radius 3 is 2.68 bits per heavy atom. The van der Waals surface area contributed by atoms with Crippen LogP contribution >= 0.6 is 0 Å². The SMILES string of the molecule is Cc1cc2occc2c(N2CCN(CCC3CCC(N)CC3)CC2)n1. The number of rotatable bonds is 4. The van der Waals surface area contributed by atoms with Crippen LogP contribution in [-0.2, 0) is 0 Å². The van der Waals surface area contributed by atoms with E-state index in [4.69, 9.17) is 15.1 Å². The highest BCUT2D eigenvalue weighted by atomic mass is 16.3. The minimum Gasteiger partial charge on any atom is -0.464 e. The van der Waals surface area contributed by atoms with E-state index >= 15 is 0 Å². The predicted octanol–water partition coefficient (Wildman–Crippen LogP) is 3.17. The van der Waals surface area contributed by atoms with Crippen LogP contribution in [0.5, 0.6) is 0 Å². The second-order valence-electron chi connectivity index (χ2n) is 7.82. The fourth-order valence-corrected chi connectivity index (χ4v) is 4.33. The van der Waals surface area contributed by atoms with Crippen molar-refractivity contribution in [2.75, 3.05) is 37.6 Å². The summed E-state index contributed by atoms with van der Waals surface area (Å²) in [4.78, 5) is 9.82. The van der Waals surface area contributed by atoms with E-state index in [0.717, 1.165) is 54.6 Å². The Balaban J connectivity index is 1.31. The van der Waals surface area contributed by atoms with Crippen molar-refractivity contribution >= 4 is 16.8 Å². The number of aryl methyl sites for hydroxylation is 1. The molecule has 0 atom stereocenters. The number of hydrogen-bond acceptors (Lipinski definition) is 5. The number of hydrogen-bond donors (Lipinski definition) is 1. The molecule has 3 heterocycles. The molecule has 1 aliphatic carbocycles. The first kappa shape index (κ1) is 16.9. The zero-order valence-corrected chi connectivity index (χ0v) is 15.3. The Hall–Kier alpha value is -1.59. The second-order valence-corrected chi connectivity index (χ2v) is 7.82. The molecule has 2 aromatic heterocycles. The lowest BCUT2D eigenvalue weighted by Gasteiger charge is -2.36. The highest BCUT2D eigenvalue weighted by molar-refractivity contribution is 5.89. The summed E-state index contributed by atoms with van der Waals surface area (Å²) in [5.74, 6) is 1.98. The Morgan fingerprint density at radius 2 is 1.92 bits per heavy atom. The van der Waals surface area contributed by atoms with Crippen LogP contribution in [0.25, 0.3) is 11.0 Å². The summed E-state index contributed by atoms with van der Waals surface area (Å²) in [6.45, 7) is 7.62. The van der Waals surface area contributed by atoms with Crippen molar-refractivity contribution in [1.29, 1.82) is 0 Å². The normalized spacial score (nSPS) is 25.6. The molecule has 4 rings (SSSR count). The Bertz CT molecular complexity index is 697. The maximum atomic E-state index is 6.02. The van der Waals surface area contributed by atoms with Crippen molar-refractivity contribution in [3.8, 4) is 0 Å². The van der Waals surface area contributed by atoms with Gasteiger partial charge in [0.2, 0.25) is 0 Å². The summed E-state index contributed by atoms with van der Waals surface area (Å²) in [6, 6.07) is 4.52. The lowest BCUT2D eigenvalue weighted by molar-refractivity contribution is 0.216. The minimum atomic E-state index is 0.460. The molecule has 5 heteroatoms. The first-order valence-corrected chi connectivity index (χ1v) is 9.77. The van der Waals surface area contributed by atoms with Crippen LogP contribution < -0.4 is 10.6 Å². The first-order valence-electron chi connectivity index (χ1n) is 9.77.